The Morgan fingerprint density at radius 2 is 1.78 bits per heavy atom. The van der Waals surface area contributed by atoms with Crippen LogP contribution in [0.2, 0.25) is 0 Å². The van der Waals surface area contributed by atoms with Gasteiger partial charge in [0.25, 0.3) is 0 Å². The van der Waals surface area contributed by atoms with Crippen LogP contribution in [0.25, 0.3) is 0 Å². The fourth-order valence-electron chi connectivity index (χ4n) is 4.49. The average molecular weight is 429 g/mol. The summed E-state index contributed by atoms with van der Waals surface area (Å²) in [5, 5.41) is 5.62. The molecule has 6 heteroatoms. The lowest BCUT2D eigenvalue weighted by Crippen LogP contribution is -2.42. The zero-order valence-corrected chi connectivity index (χ0v) is 18.7. The van der Waals surface area contributed by atoms with Crippen LogP contribution in [-0.4, -0.2) is 29.9 Å². The Labute approximate surface area is 188 Å². The molecule has 0 radical (unpaired) electrons. The van der Waals surface area contributed by atoms with E-state index in [1.165, 1.54) is 5.56 Å². The maximum atomic E-state index is 12.7. The molecule has 4 rings (SSSR count). The number of fused-ring (bicyclic) bond motifs is 1. The Balaban J connectivity index is 1.49. The van der Waals surface area contributed by atoms with Gasteiger partial charge in [-0.05, 0) is 61.6 Å². The van der Waals surface area contributed by atoms with E-state index in [9.17, 15) is 9.59 Å². The minimum Gasteiger partial charge on any atom is -0.362 e. The van der Waals surface area contributed by atoms with Crippen molar-refractivity contribution in [1.82, 2.24) is 10.3 Å². The molecule has 32 heavy (non-hydrogen) atoms. The lowest BCUT2D eigenvalue weighted by Gasteiger charge is -2.30. The van der Waals surface area contributed by atoms with E-state index in [0.717, 1.165) is 40.9 Å². The van der Waals surface area contributed by atoms with Gasteiger partial charge in [0.05, 0.1) is 6.04 Å². The summed E-state index contributed by atoms with van der Waals surface area (Å²) in [6.07, 6.45) is 4.50. The molecule has 2 amide bonds. The van der Waals surface area contributed by atoms with Gasteiger partial charge in [0.2, 0.25) is 0 Å². The van der Waals surface area contributed by atoms with E-state index in [2.05, 4.69) is 32.7 Å². The normalized spacial score (nSPS) is 13.4. The predicted octanol–water partition coefficient (Wildman–Crippen LogP) is 3.87. The number of aromatic nitrogens is 1. The highest BCUT2D eigenvalue weighted by atomic mass is 16.2. The summed E-state index contributed by atoms with van der Waals surface area (Å²) in [5.41, 5.74) is 7.12. The van der Waals surface area contributed by atoms with Gasteiger partial charge in [-0.2, -0.15) is 0 Å². The van der Waals surface area contributed by atoms with Crippen molar-refractivity contribution in [3.8, 4) is 0 Å². The van der Waals surface area contributed by atoms with Gasteiger partial charge in [-0.1, -0.05) is 42.0 Å². The van der Waals surface area contributed by atoms with Crippen molar-refractivity contribution < 1.29 is 9.59 Å². The number of anilines is 2. The third-order valence-corrected chi connectivity index (χ3v) is 5.95. The number of rotatable bonds is 5. The number of aryl methyl sites for hydroxylation is 3. The molecule has 0 unspecified atom stereocenters. The smallest absolute Gasteiger partial charge is 0.313 e. The molecule has 6 nitrogen and oxygen atoms in total. The Morgan fingerprint density at radius 1 is 1.03 bits per heavy atom. The molecule has 2 N–H and O–H groups in total. The van der Waals surface area contributed by atoms with E-state index in [-0.39, 0.29) is 6.04 Å². The summed E-state index contributed by atoms with van der Waals surface area (Å²) >= 11 is 0. The molecule has 1 aliphatic heterocycles. The second-order valence-corrected chi connectivity index (χ2v) is 8.31. The summed E-state index contributed by atoms with van der Waals surface area (Å²) in [7, 11) is 0. The number of para-hydroxylation sites is 1. The quantitative estimate of drug-likeness (QED) is 0.605. The summed E-state index contributed by atoms with van der Waals surface area (Å²) in [4.78, 5) is 31.8. The standard InChI is InChI=1S/C26H28N4O2/c1-17-13-18(2)24(19(3)14-17)29-26(32)25(31)28-16-23(21-8-6-11-27-15-21)30-12-10-20-7-4-5-9-22(20)30/h4-9,11,13-15,23H,10,12,16H2,1-3H3,(H,28,31)(H,29,32)/t23-/m0/s1. The minimum absolute atomic E-state index is 0.119. The molecule has 1 aromatic heterocycles. The van der Waals surface area contributed by atoms with Crippen LogP contribution in [-0.2, 0) is 16.0 Å². The molecule has 0 fully saturated rings. The third kappa shape index (κ3) is 4.49. The largest absolute Gasteiger partial charge is 0.362 e. The highest BCUT2D eigenvalue weighted by Crippen LogP contribution is 2.34. The summed E-state index contributed by atoms with van der Waals surface area (Å²) in [5.74, 6) is -1.31. The van der Waals surface area contributed by atoms with E-state index in [1.54, 1.807) is 6.20 Å². The van der Waals surface area contributed by atoms with Crippen LogP contribution in [0.1, 0.15) is 33.9 Å². The van der Waals surface area contributed by atoms with Gasteiger partial charge in [0.15, 0.2) is 0 Å². The number of benzene rings is 2. The van der Waals surface area contributed by atoms with E-state index >= 15 is 0 Å². The molecule has 164 valence electrons. The van der Waals surface area contributed by atoms with Crippen LogP contribution in [0.5, 0.6) is 0 Å². The van der Waals surface area contributed by atoms with Crippen molar-refractivity contribution in [2.45, 2.75) is 33.2 Å². The summed E-state index contributed by atoms with van der Waals surface area (Å²) in [6.45, 7) is 7.02. The lowest BCUT2D eigenvalue weighted by atomic mass is 10.1. The molecule has 2 aromatic carbocycles. The van der Waals surface area contributed by atoms with Crippen LogP contribution < -0.4 is 15.5 Å². The fourth-order valence-corrected chi connectivity index (χ4v) is 4.49. The molecule has 0 saturated heterocycles. The Bertz CT molecular complexity index is 1120. The number of nitrogens with zero attached hydrogens (tertiary/aromatic N) is 2. The zero-order valence-electron chi connectivity index (χ0n) is 18.7. The van der Waals surface area contributed by atoms with Gasteiger partial charge in [-0.25, -0.2) is 0 Å². The van der Waals surface area contributed by atoms with Gasteiger partial charge in [0.1, 0.15) is 0 Å². The first-order chi connectivity index (χ1) is 15.4. The van der Waals surface area contributed by atoms with Crippen molar-refractivity contribution in [3.63, 3.8) is 0 Å². The third-order valence-electron chi connectivity index (χ3n) is 5.95. The van der Waals surface area contributed by atoms with Crippen LogP contribution in [0.4, 0.5) is 11.4 Å². The topological polar surface area (TPSA) is 74.3 Å². The molecule has 2 heterocycles. The Kier molecular flexibility index (Phi) is 6.21. The average Bonchev–Trinajstić information content (AvgIpc) is 3.21. The molecule has 1 aliphatic rings. The lowest BCUT2D eigenvalue weighted by molar-refractivity contribution is -0.136. The van der Waals surface area contributed by atoms with Gasteiger partial charge in [-0.3, -0.25) is 14.6 Å². The number of hydrogen-bond donors (Lipinski definition) is 2. The van der Waals surface area contributed by atoms with Crippen molar-refractivity contribution >= 4 is 23.2 Å². The molecule has 1 atom stereocenters. The van der Waals surface area contributed by atoms with Gasteiger partial charge in [-0.15, -0.1) is 0 Å². The van der Waals surface area contributed by atoms with Crippen molar-refractivity contribution in [2.24, 2.45) is 0 Å². The maximum Gasteiger partial charge on any atom is 0.313 e. The van der Waals surface area contributed by atoms with E-state index < -0.39 is 11.8 Å². The number of nitrogens with one attached hydrogen (secondary N) is 2. The minimum atomic E-state index is -0.660. The van der Waals surface area contributed by atoms with Crippen molar-refractivity contribution in [3.05, 3.63) is 88.7 Å². The van der Waals surface area contributed by atoms with E-state index in [1.807, 2.05) is 63.4 Å². The summed E-state index contributed by atoms with van der Waals surface area (Å²) < 4.78 is 0. The molecule has 0 aliphatic carbocycles. The van der Waals surface area contributed by atoms with Gasteiger partial charge >= 0.3 is 11.8 Å². The highest BCUT2D eigenvalue weighted by Gasteiger charge is 2.28. The van der Waals surface area contributed by atoms with Crippen LogP contribution >= 0.6 is 0 Å². The second kappa shape index (κ2) is 9.22. The number of amides is 2. The number of carbonyl (C=O) groups is 2. The van der Waals surface area contributed by atoms with E-state index in [0.29, 0.717) is 12.2 Å². The van der Waals surface area contributed by atoms with Crippen molar-refractivity contribution in [2.75, 3.05) is 23.3 Å². The highest BCUT2D eigenvalue weighted by molar-refractivity contribution is 6.39. The molecule has 0 bridgehead atoms. The second-order valence-electron chi connectivity index (χ2n) is 8.31. The molecule has 0 saturated carbocycles. The maximum absolute atomic E-state index is 12.7. The Morgan fingerprint density at radius 3 is 2.50 bits per heavy atom. The summed E-state index contributed by atoms with van der Waals surface area (Å²) in [6, 6.07) is 16.1. The Hall–Kier alpha value is -3.67. The molecular weight excluding hydrogens is 400 g/mol. The zero-order chi connectivity index (χ0) is 22.7. The molecular formula is C26H28N4O2. The number of carbonyl (C=O) groups excluding carboxylic acids is 2. The first-order valence-electron chi connectivity index (χ1n) is 10.9. The van der Waals surface area contributed by atoms with Crippen LogP contribution in [0, 0.1) is 20.8 Å². The first kappa shape index (κ1) is 21.6. The molecule has 3 aromatic rings. The number of pyridine rings is 1. The van der Waals surface area contributed by atoms with Crippen LogP contribution in [0.15, 0.2) is 60.9 Å². The SMILES string of the molecule is Cc1cc(C)c(NC(=O)C(=O)NC[C@@H](c2cccnc2)N2CCc3ccccc32)c(C)c1. The monoisotopic (exact) mass is 428 g/mol. The number of hydrogen-bond acceptors (Lipinski definition) is 4. The molecule has 0 spiro atoms. The van der Waals surface area contributed by atoms with Crippen molar-refractivity contribution in [1.29, 1.82) is 0 Å². The predicted molar refractivity (Wildman–Crippen MR) is 127 cm³/mol. The van der Waals surface area contributed by atoms with Gasteiger partial charge < -0.3 is 15.5 Å². The first-order valence-corrected chi connectivity index (χ1v) is 10.9. The fraction of sp³-hybridized carbons (Fsp3) is 0.269. The van der Waals surface area contributed by atoms with Crippen LogP contribution in [0.3, 0.4) is 0 Å². The van der Waals surface area contributed by atoms with E-state index in [4.69, 9.17) is 0 Å². The van der Waals surface area contributed by atoms with Gasteiger partial charge in [0, 0.05) is 36.9 Å².